The molecule has 1 fully saturated rings. The van der Waals surface area contributed by atoms with Crippen molar-refractivity contribution in [3.8, 4) is 0 Å². The monoisotopic (exact) mass is 311 g/mol. The fraction of sp³-hybridized carbons (Fsp3) is 0.571. The average molecular weight is 312 g/mol. The molecule has 3 heterocycles. The van der Waals surface area contributed by atoms with E-state index in [-0.39, 0.29) is 0 Å². The van der Waals surface area contributed by atoms with Crippen molar-refractivity contribution in [3.05, 3.63) is 22.4 Å². The summed E-state index contributed by atoms with van der Waals surface area (Å²) in [6.45, 7) is 4.46. The zero-order valence-electron chi connectivity index (χ0n) is 11.5. The van der Waals surface area contributed by atoms with E-state index in [1.165, 1.54) is 0 Å². The minimum atomic E-state index is -0.537. The van der Waals surface area contributed by atoms with E-state index < -0.39 is 5.60 Å². The predicted molar refractivity (Wildman–Crippen MR) is 82.2 cm³/mol. The van der Waals surface area contributed by atoms with Crippen molar-refractivity contribution in [2.75, 3.05) is 13.1 Å². The van der Waals surface area contributed by atoms with Crippen molar-refractivity contribution >= 4 is 33.2 Å². The fourth-order valence-corrected chi connectivity index (χ4v) is 3.70. The Morgan fingerprint density at radius 1 is 1.40 bits per heavy atom. The molecule has 0 amide bonds. The smallest absolute Gasteiger partial charge is 0.145 e. The second-order valence-electron chi connectivity index (χ2n) is 5.70. The quantitative estimate of drug-likeness (QED) is 0.866. The van der Waals surface area contributed by atoms with E-state index in [0.29, 0.717) is 11.7 Å². The van der Waals surface area contributed by atoms with Gasteiger partial charge in [-0.05, 0) is 44.2 Å². The van der Waals surface area contributed by atoms with Crippen LogP contribution in [0.15, 0.2) is 11.4 Å². The number of hydrogen-bond acceptors (Lipinski definition) is 5. The first-order chi connectivity index (χ1) is 9.53. The van der Waals surface area contributed by atoms with Crippen molar-refractivity contribution < 1.29 is 5.11 Å². The lowest BCUT2D eigenvalue weighted by Crippen LogP contribution is -2.28. The minimum Gasteiger partial charge on any atom is -0.390 e. The van der Waals surface area contributed by atoms with Crippen LogP contribution in [0, 0.1) is 0 Å². The molecule has 1 unspecified atom stereocenters. The summed E-state index contributed by atoms with van der Waals surface area (Å²) in [7, 11) is 0. The number of thiophene rings is 1. The largest absolute Gasteiger partial charge is 0.390 e. The van der Waals surface area contributed by atoms with Crippen LogP contribution >= 0.6 is 22.9 Å². The molecular weight excluding hydrogens is 294 g/mol. The van der Waals surface area contributed by atoms with Gasteiger partial charge in [-0.1, -0.05) is 11.6 Å². The third-order valence-corrected chi connectivity index (χ3v) is 4.94. The summed E-state index contributed by atoms with van der Waals surface area (Å²) in [4.78, 5) is 12.2. The highest BCUT2D eigenvalue weighted by Crippen LogP contribution is 2.26. The van der Waals surface area contributed by atoms with Crippen LogP contribution in [0.25, 0.3) is 10.2 Å². The maximum Gasteiger partial charge on any atom is 0.145 e. The summed E-state index contributed by atoms with van der Waals surface area (Å²) in [5.41, 5.74) is -0.537. The molecule has 1 aliphatic heterocycles. The van der Waals surface area contributed by atoms with Crippen molar-refractivity contribution in [1.82, 2.24) is 14.9 Å². The zero-order valence-corrected chi connectivity index (χ0v) is 13.0. The molecule has 0 radical (unpaired) electrons. The number of fused-ring (bicyclic) bond motifs is 1. The molecule has 1 aliphatic rings. The van der Waals surface area contributed by atoms with Gasteiger partial charge in [0.2, 0.25) is 0 Å². The number of rotatable bonds is 2. The van der Waals surface area contributed by atoms with Crippen molar-refractivity contribution in [2.24, 2.45) is 0 Å². The zero-order chi connectivity index (χ0) is 14.2. The Morgan fingerprint density at radius 2 is 2.25 bits per heavy atom. The molecule has 1 N–H and O–H groups in total. The Bertz CT molecular complexity index is 613. The van der Waals surface area contributed by atoms with E-state index in [2.05, 4.69) is 14.9 Å². The molecule has 108 valence electrons. The van der Waals surface area contributed by atoms with E-state index in [0.717, 1.165) is 48.4 Å². The Morgan fingerprint density at radius 3 is 3.10 bits per heavy atom. The predicted octanol–water partition coefficient (Wildman–Crippen LogP) is 3.08. The second kappa shape index (κ2) is 5.56. The third-order valence-electron chi connectivity index (χ3n) is 3.85. The van der Waals surface area contributed by atoms with Gasteiger partial charge in [0.15, 0.2) is 0 Å². The molecule has 20 heavy (non-hydrogen) atoms. The number of nitrogens with zero attached hydrogens (tertiary/aromatic N) is 3. The van der Waals surface area contributed by atoms with E-state index in [4.69, 9.17) is 11.6 Å². The molecule has 0 bridgehead atoms. The van der Waals surface area contributed by atoms with E-state index in [1.807, 2.05) is 18.4 Å². The SMILES string of the molecule is CC1(O)CCCN(Cc2nc(Cl)c3ccsc3n2)CC1. The van der Waals surface area contributed by atoms with Crippen LogP contribution in [0.3, 0.4) is 0 Å². The van der Waals surface area contributed by atoms with Crippen molar-refractivity contribution in [2.45, 2.75) is 38.3 Å². The summed E-state index contributed by atoms with van der Waals surface area (Å²) in [5, 5.41) is 13.6. The van der Waals surface area contributed by atoms with Crippen molar-refractivity contribution in [3.63, 3.8) is 0 Å². The minimum absolute atomic E-state index is 0.535. The highest BCUT2D eigenvalue weighted by atomic mass is 35.5. The van der Waals surface area contributed by atoms with Gasteiger partial charge in [-0.3, -0.25) is 4.90 Å². The number of halogens is 1. The summed E-state index contributed by atoms with van der Waals surface area (Å²) < 4.78 is 0. The first-order valence-corrected chi connectivity index (χ1v) is 8.14. The molecule has 1 saturated heterocycles. The van der Waals surface area contributed by atoms with Gasteiger partial charge in [-0.25, -0.2) is 9.97 Å². The molecule has 6 heteroatoms. The molecule has 0 saturated carbocycles. The van der Waals surface area contributed by atoms with Crippen LogP contribution in [0.4, 0.5) is 0 Å². The highest BCUT2D eigenvalue weighted by Gasteiger charge is 2.25. The maximum atomic E-state index is 10.1. The van der Waals surface area contributed by atoms with E-state index in [1.54, 1.807) is 11.3 Å². The third kappa shape index (κ3) is 3.11. The van der Waals surface area contributed by atoms with Crippen molar-refractivity contribution in [1.29, 1.82) is 0 Å². The van der Waals surface area contributed by atoms with Gasteiger partial charge in [-0.15, -0.1) is 11.3 Å². The molecule has 4 nitrogen and oxygen atoms in total. The van der Waals surface area contributed by atoms with Crippen LogP contribution in [-0.4, -0.2) is 38.7 Å². The summed E-state index contributed by atoms with van der Waals surface area (Å²) in [5.74, 6) is 0.770. The lowest BCUT2D eigenvalue weighted by atomic mass is 9.98. The first kappa shape index (κ1) is 14.2. The first-order valence-electron chi connectivity index (χ1n) is 6.88. The van der Waals surface area contributed by atoms with Crippen LogP contribution in [-0.2, 0) is 6.54 Å². The lowest BCUT2D eigenvalue weighted by Gasteiger charge is -2.21. The molecule has 0 aliphatic carbocycles. The Kier molecular flexibility index (Phi) is 3.95. The van der Waals surface area contributed by atoms with Gasteiger partial charge in [0.25, 0.3) is 0 Å². The normalized spacial score (nSPS) is 24.9. The van der Waals surface area contributed by atoms with Crippen LogP contribution in [0.1, 0.15) is 32.0 Å². The molecule has 2 aromatic heterocycles. The number of aromatic nitrogens is 2. The van der Waals surface area contributed by atoms with Crippen LogP contribution < -0.4 is 0 Å². The maximum absolute atomic E-state index is 10.1. The Labute approximate surface area is 127 Å². The van der Waals surface area contributed by atoms with Gasteiger partial charge in [0.1, 0.15) is 15.8 Å². The van der Waals surface area contributed by atoms with E-state index >= 15 is 0 Å². The fourth-order valence-electron chi connectivity index (χ4n) is 2.61. The van der Waals surface area contributed by atoms with Gasteiger partial charge in [0, 0.05) is 11.9 Å². The Balaban J connectivity index is 1.75. The van der Waals surface area contributed by atoms with Gasteiger partial charge in [0.05, 0.1) is 12.1 Å². The van der Waals surface area contributed by atoms with Gasteiger partial charge in [-0.2, -0.15) is 0 Å². The molecule has 3 rings (SSSR count). The lowest BCUT2D eigenvalue weighted by molar-refractivity contribution is 0.0443. The Hall–Kier alpha value is -0.750. The van der Waals surface area contributed by atoms with Crippen LogP contribution in [0.5, 0.6) is 0 Å². The van der Waals surface area contributed by atoms with Crippen LogP contribution in [0.2, 0.25) is 5.15 Å². The van der Waals surface area contributed by atoms with Gasteiger partial charge < -0.3 is 5.11 Å². The molecular formula is C14H18ClN3OS. The van der Waals surface area contributed by atoms with E-state index in [9.17, 15) is 5.11 Å². The number of hydrogen-bond donors (Lipinski definition) is 1. The summed E-state index contributed by atoms with van der Waals surface area (Å²) >= 11 is 7.78. The molecule has 1 atom stereocenters. The second-order valence-corrected chi connectivity index (χ2v) is 6.95. The highest BCUT2D eigenvalue weighted by molar-refractivity contribution is 7.16. The molecule has 2 aromatic rings. The standard InChI is InChI=1S/C14H18ClN3OS/c1-14(19)4-2-6-18(7-5-14)9-11-16-12(15)10-3-8-20-13(10)17-11/h3,8,19H,2,4-7,9H2,1H3. The van der Waals surface area contributed by atoms with Gasteiger partial charge >= 0.3 is 0 Å². The average Bonchev–Trinajstić information content (AvgIpc) is 2.78. The topological polar surface area (TPSA) is 49.2 Å². The molecule has 0 spiro atoms. The number of likely N-dealkylation sites (tertiary alicyclic amines) is 1. The molecule has 0 aromatic carbocycles. The summed E-state index contributed by atoms with van der Waals surface area (Å²) in [6, 6.07) is 1.95. The number of aliphatic hydroxyl groups is 1. The summed E-state index contributed by atoms with van der Waals surface area (Å²) in [6.07, 6.45) is 2.65.